The lowest BCUT2D eigenvalue weighted by molar-refractivity contribution is -0.130. The molecule has 0 saturated carbocycles. The van der Waals surface area contributed by atoms with Crippen molar-refractivity contribution in [3.05, 3.63) is 35.6 Å². The van der Waals surface area contributed by atoms with Gasteiger partial charge in [0.15, 0.2) is 0 Å². The lowest BCUT2D eigenvalue weighted by Crippen LogP contribution is -2.46. The van der Waals surface area contributed by atoms with Crippen LogP contribution in [0.1, 0.15) is 40.2 Å². The summed E-state index contributed by atoms with van der Waals surface area (Å²) in [6, 6.07) is 6.19. The smallest absolute Gasteiger partial charge is 0.226 e. The van der Waals surface area contributed by atoms with Gasteiger partial charge >= 0.3 is 0 Å². The summed E-state index contributed by atoms with van der Waals surface area (Å²) in [7, 11) is 0. The summed E-state index contributed by atoms with van der Waals surface area (Å²) in [5.74, 6) is -0.293. The highest BCUT2D eigenvalue weighted by molar-refractivity contribution is 5.82. The van der Waals surface area contributed by atoms with Crippen molar-refractivity contribution in [2.45, 2.75) is 40.2 Å². The van der Waals surface area contributed by atoms with Gasteiger partial charge in [-0.2, -0.15) is 0 Å². The summed E-state index contributed by atoms with van der Waals surface area (Å²) in [6.07, 6.45) is 0. The van der Waals surface area contributed by atoms with Gasteiger partial charge in [-0.25, -0.2) is 4.39 Å². The Morgan fingerprint density at radius 2 is 1.53 bits per heavy atom. The molecular formula is C14H20FNO. The predicted octanol–water partition coefficient (Wildman–Crippen LogP) is 3.22. The van der Waals surface area contributed by atoms with Crippen LogP contribution in [0.15, 0.2) is 24.3 Å². The van der Waals surface area contributed by atoms with Crippen LogP contribution in [0.4, 0.5) is 4.39 Å². The van der Waals surface area contributed by atoms with Gasteiger partial charge in [0.25, 0.3) is 0 Å². The summed E-state index contributed by atoms with van der Waals surface area (Å²) < 4.78 is 12.8. The highest BCUT2D eigenvalue weighted by Crippen LogP contribution is 2.23. The second-order valence-corrected chi connectivity index (χ2v) is 5.84. The van der Waals surface area contributed by atoms with Crippen LogP contribution in [0.2, 0.25) is 0 Å². The van der Waals surface area contributed by atoms with Gasteiger partial charge in [-0.1, -0.05) is 32.9 Å². The van der Waals surface area contributed by atoms with Crippen molar-refractivity contribution >= 4 is 5.91 Å². The molecule has 0 bridgehead atoms. The quantitative estimate of drug-likeness (QED) is 0.840. The van der Waals surface area contributed by atoms with Gasteiger partial charge in [0, 0.05) is 5.41 Å². The van der Waals surface area contributed by atoms with Crippen LogP contribution < -0.4 is 5.32 Å². The Kier molecular flexibility index (Phi) is 3.60. The van der Waals surface area contributed by atoms with Crippen molar-refractivity contribution in [1.29, 1.82) is 0 Å². The standard InChI is InChI=1S/C14H20FNO/c1-13(2,3)12(17)16-14(4,5)10-6-8-11(15)9-7-10/h6-9H,1-5H3,(H,16,17). The zero-order valence-corrected chi connectivity index (χ0v) is 11.1. The van der Waals surface area contributed by atoms with E-state index in [-0.39, 0.29) is 11.7 Å². The Morgan fingerprint density at radius 3 is 1.94 bits per heavy atom. The fraction of sp³-hybridized carbons (Fsp3) is 0.500. The Balaban J connectivity index is 2.89. The first-order valence-corrected chi connectivity index (χ1v) is 5.71. The maximum atomic E-state index is 12.8. The van der Waals surface area contributed by atoms with Crippen LogP contribution in [-0.4, -0.2) is 5.91 Å². The van der Waals surface area contributed by atoms with E-state index in [0.29, 0.717) is 0 Å². The highest BCUT2D eigenvalue weighted by atomic mass is 19.1. The van der Waals surface area contributed by atoms with Crippen LogP contribution in [0.25, 0.3) is 0 Å². The van der Waals surface area contributed by atoms with Crippen molar-refractivity contribution in [2.24, 2.45) is 5.41 Å². The topological polar surface area (TPSA) is 29.1 Å². The van der Waals surface area contributed by atoms with E-state index in [1.54, 1.807) is 12.1 Å². The summed E-state index contributed by atoms with van der Waals surface area (Å²) in [5.41, 5.74) is -0.0495. The molecule has 17 heavy (non-hydrogen) atoms. The Hall–Kier alpha value is -1.38. The van der Waals surface area contributed by atoms with Gasteiger partial charge in [0.05, 0.1) is 5.54 Å². The lowest BCUT2D eigenvalue weighted by atomic mass is 9.90. The van der Waals surface area contributed by atoms with E-state index in [9.17, 15) is 9.18 Å². The number of benzene rings is 1. The molecule has 0 aliphatic rings. The molecule has 0 heterocycles. The number of halogens is 1. The van der Waals surface area contributed by atoms with Crippen molar-refractivity contribution in [3.63, 3.8) is 0 Å². The first-order valence-electron chi connectivity index (χ1n) is 5.71. The summed E-state index contributed by atoms with van der Waals surface area (Å²) in [5, 5.41) is 2.97. The molecule has 1 rings (SSSR count). The van der Waals surface area contributed by atoms with Gasteiger partial charge in [0.1, 0.15) is 5.82 Å². The monoisotopic (exact) mass is 237 g/mol. The molecule has 0 saturated heterocycles. The number of hydrogen-bond donors (Lipinski definition) is 1. The Bertz CT molecular complexity index is 401. The molecule has 0 atom stereocenters. The SMILES string of the molecule is CC(C)(C)C(=O)NC(C)(C)c1ccc(F)cc1. The predicted molar refractivity (Wildman–Crippen MR) is 67.0 cm³/mol. The molecule has 0 radical (unpaired) electrons. The molecule has 1 aromatic rings. The number of amides is 1. The number of carbonyl (C=O) groups is 1. The second-order valence-electron chi connectivity index (χ2n) is 5.84. The van der Waals surface area contributed by atoms with Crippen LogP contribution in [0.3, 0.4) is 0 Å². The van der Waals surface area contributed by atoms with Crippen molar-refractivity contribution in [3.8, 4) is 0 Å². The molecule has 0 aromatic heterocycles. The van der Waals surface area contributed by atoms with E-state index in [4.69, 9.17) is 0 Å². The molecule has 0 spiro atoms. The third kappa shape index (κ3) is 3.55. The molecule has 0 aliphatic heterocycles. The zero-order chi connectivity index (χ0) is 13.3. The minimum absolute atomic E-state index is 0.0215. The summed E-state index contributed by atoms with van der Waals surface area (Å²) in [6.45, 7) is 9.41. The van der Waals surface area contributed by atoms with E-state index in [1.807, 2.05) is 34.6 Å². The number of rotatable bonds is 2. The van der Waals surface area contributed by atoms with Gasteiger partial charge in [-0.15, -0.1) is 0 Å². The molecule has 0 aliphatic carbocycles. The third-order valence-electron chi connectivity index (χ3n) is 2.67. The largest absolute Gasteiger partial charge is 0.347 e. The first kappa shape index (κ1) is 13.7. The van der Waals surface area contributed by atoms with Crippen molar-refractivity contribution in [2.75, 3.05) is 0 Å². The van der Waals surface area contributed by atoms with Crippen LogP contribution >= 0.6 is 0 Å². The molecule has 0 fully saturated rings. The van der Waals surface area contributed by atoms with Crippen LogP contribution in [-0.2, 0) is 10.3 Å². The Morgan fingerprint density at radius 1 is 1.06 bits per heavy atom. The average molecular weight is 237 g/mol. The highest BCUT2D eigenvalue weighted by Gasteiger charge is 2.29. The van der Waals surface area contributed by atoms with E-state index >= 15 is 0 Å². The third-order valence-corrected chi connectivity index (χ3v) is 2.67. The molecule has 1 N–H and O–H groups in total. The first-order chi connectivity index (χ1) is 7.63. The fourth-order valence-electron chi connectivity index (χ4n) is 1.41. The molecule has 0 unspecified atom stereocenters. The number of carbonyl (C=O) groups excluding carboxylic acids is 1. The van der Waals surface area contributed by atoms with E-state index in [0.717, 1.165) is 5.56 Å². The minimum atomic E-state index is -0.502. The number of nitrogens with one attached hydrogen (secondary N) is 1. The normalized spacial score (nSPS) is 12.4. The maximum Gasteiger partial charge on any atom is 0.226 e. The Labute approximate surface area is 102 Å². The van der Waals surface area contributed by atoms with Crippen molar-refractivity contribution < 1.29 is 9.18 Å². The second kappa shape index (κ2) is 4.47. The van der Waals surface area contributed by atoms with E-state index in [2.05, 4.69) is 5.32 Å². The van der Waals surface area contributed by atoms with Crippen LogP contribution in [0, 0.1) is 11.2 Å². The molecular weight excluding hydrogens is 217 g/mol. The van der Waals surface area contributed by atoms with Gasteiger partial charge < -0.3 is 5.32 Å². The summed E-state index contributed by atoms with van der Waals surface area (Å²) in [4.78, 5) is 11.9. The van der Waals surface area contributed by atoms with E-state index in [1.165, 1.54) is 12.1 Å². The average Bonchev–Trinajstić information content (AvgIpc) is 2.16. The summed E-state index contributed by atoms with van der Waals surface area (Å²) >= 11 is 0. The minimum Gasteiger partial charge on any atom is -0.347 e. The van der Waals surface area contributed by atoms with Crippen LogP contribution in [0.5, 0.6) is 0 Å². The molecule has 3 heteroatoms. The van der Waals surface area contributed by atoms with E-state index < -0.39 is 11.0 Å². The molecule has 1 aromatic carbocycles. The van der Waals surface area contributed by atoms with Crippen molar-refractivity contribution in [1.82, 2.24) is 5.32 Å². The fourth-order valence-corrected chi connectivity index (χ4v) is 1.41. The van der Waals surface area contributed by atoms with Gasteiger partial charge in [-0.05, 0) is 31.5 Å². The van der Waals surface area contributed by atoms with Gasteiger partial charge in [-0.3, -0.25) is 4.79 Å². The molecule has 1 amide bonds. The lowest BCUT2D eigenvalue weighted by Gasteiger charge is -2.30. The zero-order valence-electron chi connectivity index (χ0n) is 11.1. The molecule has 94 valence electrons. The maximum absolute atomic E-state index is 12.8. The number of hydrogen-bond acceptors (Lipinski definition) is 1. The van der Waals surface area contributed by atoms with Gasteiger partial charge in [0.2, 0.25) is 5.91 Å². The molecule has 2 nitrogen and oxygen atoms in total.